The van der Waals surface area contributed by atoms with Gasteiger partial charge in [0.05, 0.1) is 23.4 Å². The van der Waals surface area contributed by atoms with Crippen molar-refractivity contribution in [1.82, 2.24) is 14.9 Å². The summed E-state index contributed by atoms with van der Waals surface area (Å²) >= 11 is 0. The van der Waals surface area contributed by atoms with Gasteiger partial charge >= 0.3 is 6.36 Å². The monoisotopic (exact) mass is 482 g/mol. The fraction of sp³-hybridized carbons (Fsp3) is 0.160. The Morgan fingerprint density at radius 3 is 2.54 bits per heavy atom. The van der Waals surface area contributed by atoms with E-state index in [2.05, 4.69) is 15.0 Å². The van der Waals surface area contributed by atoms with Crippen LogP contribution in [0.4, 0.5) is 13.2 Å². The Balaban J connectivity index is 1.93. The van der Waals surface area contributed by atoms with Crippen molar-refractivity contribution in [1.29, 1.82) is 5.41 Å². The van der Waals surface area contributed by atoms with Gasteiger partial charge in [0.2, 0.25) is 5.88 Å². The number of nitrogens with zero attached hydrogens (tertiary/aromatic N) is 2. The summed E-state index contributed by atoms with van der Waals surface area (Å²) in [5.74, 6) is -0.0806. The van der Waals surface area contributed by atoms with Crippen LogP contribution in [0, 0.1) is 5.41 Å². The molecule has 2 heterocycles. The van der Waals surface area contributed by atoms with Gasteiger partial charge in [-0.1, -0.05) is 12.1 Å². The van der Waals surface area contributed by atoms with Crippen LogP contribution in [0.25, 0.3) is 27.7 Å². The van der Waals surface area contributed by atoms with E-state index in [0.717, 1.165) is 12.1 Å². The maximum absolute atomic E-state index is 13.7. The van der Waals surface area contributed by atoms with Gasteiger partial charge in [0.25, 0.3) is 5.56 Å². The molecule has 0 fully saturated rings. The number of hydrogen-bond acceptors (Lipinski definition) is 6. The van der Waals surface area contributed by atoms with Crippen molar-refractivity contribution < 1.29 is 22.6 Å². The van der Waals surface area contributed by atoms with Gasteiger partial charge in [-0.15, -0.1) is 13.2 Å². The molecule has 2 N–H and O–H groups in total. The second kappa shape index (κ2) is 9.49. The maximum atomic E-state index is 13.7. The molecule has 35 heavy (non-hydrogen) atoms. The van der Waals surface area contributed by atoms with Crippen LogP contribution in [-0.2, 0) is 0 Å². The second-order valence-electron chi connectivity index (χ2n) is 7.48. The minimum atomic E-state index is -4.83. The molecule has 0 amide bonds. The second-order valence-corrected chi connectivity index (χ2v) is 7.48. The largest absolute Gasteiger partial charge is 0.573 e. The van der Waals surface area contributed by atoms with Gasteiger partial charge in [0.1, 0.15) is 5.75 Å². The van der Waals surface area contributed by atoms with Crippen LogP contribution in [0.2, 0.25) is 0 Å². The van der Waals surface area contributed by atoms with Crippen LogP contribution in [0.15, 0.2) is 77.4 Å². The first-order valence-electron chi connectivity index (χ1n) is 10.6. The summed E-state index contributed by atoms with van der Waals surface area (Å²) in [6, 6.07) is 8.48. The molecule has 0 spiro atoms. The molecule has 0 aliphatic heterocycles. The molecular weight excluding hydrogens is 461 g/mol. The zero-order valence-electron chi connectivity index (χ0n) is 18.8. The number of nitrogens with one attached hydrogen (secondary N) is 2. The lowest BCUT2D eigenvalue weighted by molar-refractivity contribution is -0.274. The van der Waals surface area contributed by atoms with Gasteiger partial charge in [-0.25, -0.2) is 4.98 Å². The fourth-order valence-corrected chi connectivity index (χ4v) is 3.65. The molecule has 4 rings (SSSR count). The van der Waals surface area contributed by atoms with Crippen molar-refractivity contribution >= 4 is 22.3 Å². The van der Waals surface area contributed by atoms with Crippen molar-refractivity contribution in [3.05, 3.63) is 82.9 Å². The number of ether oxygens (including phenoxy) is 2. The van der Waals surface area contributed by atoms with Gasteiger partial charge in [0, 0.05) is 42.2 Å². The highest BCUT2D eigenvalue weighted by molar-refractivity contribution is 6.12. The lowest BCUT2D eigenvalue weighted by Crippen LogP contribution is -2.22. The number of aromatic nitrogens is 2. The normalized spacial score (nSPS) is 14.8. The van der Waals surface area contributed by atoms with Crippen molar-refractivity contribution in [3.63, 3.8) is 0 Å². The molecular formula is C25H21F3N4O3. The van der Waals surface area contributed by atoms with Crippen LogP contribution in [0.5, 0.6) is 11.6 Å². The predicted octanol–water partition coefficient (Wildman–Crippen LogP) is 4.89. The molecule has 180 valence electrons. The molecule has 7 nitrogen and oxygen atoms in total. The third kappa shape index (κ3) is 5.11. The van der Waals surface area contributed by atoms with Crippen LogP contribution >= 0.6 is 0 Å². The number of hydrogen-bond donors (Lipinski definition) is 2. The number of pyridine rings is 2. The molecule has 0 atom stereocenters. The third-order valence-corrected chi connectivity index (χ3v) is 5.12. The number of allylic oxidation sites excluding steroid dienone is 5. The molecule has 3 aromatic rings. The number of rotatable bonds is 6. The number of fused-ring (bicyclic) bond motifs is 1. The molecule has 0 radical (unpaired) electrons. The molecule has 2 aromatic heterocycles. The van der Waals surface area contributed by atoms with E-state index in [-0.39, 0.29) is 11.3 Å². The van der Waals surface area contributed by atoms with Crippen molar-refractivity contribution in [2.45, 2.75) is 13.3 Å². The van der Waals surface area contributed by atoms with Gasteiger partial charge in [-0.2, -0.15) is 0 Å². The first-order valence-corrected chi connectivity index (χ1v) is 10.6. The zero-order chi connectivity index (χ0) is 25.2. The van der Waals surface area contributed by atoms with E-state index >= 15 is 0 Å². The summed E-state index contributed by atoms with van der Waals surface area (Å²) in [6.45, 7) is 2.18. The Labute approximate surface area is 198 Å². The summed E-state index contributed by atoms with van der Waals surface area (Å²) in [7, 11) is 1.71. The Bertz CT molecular complexity index is 1440. The standard InChI is InChI=1S/C25H21F3N4O3/c1-3-34-21-11-6-16-14-32(18-7-10-20(29)17(12-18)13-30-2)24(33)22(23(16)31-21)15-4-8-19(9-5-15)35-25(26,27)28/h4-14,29-30H,3H2,1-2H3/b17-13-,29-20?. The molecule has 0 unspecified atom stereocenters. The van der Waals surface area contributed by atoms with E-state index < -0.39 is 17.7 Å². The third-order valence-electron chi connectivity index (χ3n) is 5.12. The van der Waals surface area contributed by atoms with Crippen molar-refractivity contribution in [2.24, 2.45) is 0 Å². The molecule has 1 aromatic carbocycles. The molecule has 1 aliphatic rings. The van der Waals surface area contributed by atoms with Crippen LogP contribution < -0.4 is 20.3 Å². The van der Waals surface area contributed by atoms with Crippen molar-refractivity contribution in [2.75, 3.05) is 13.7 Å². The molecule has 0 saturated heterocycles. The van der Waals surface area contributed by atoms with Crippen molar-refractivity contribution in [3.8, 4) is 22.8 Å². The van der Waals surface area contributed by atoms with Crippen LogP contribution in [-0.4, -0.2) is 35.3 Å². The number of benzene rings is 1. The van der Waals surface area contributed by atoms with E-state index in [0.29, 0.717) is 40.2 Å². The Hall–Kier alpha value is -4.34. The quantitative estimate of drug-likeness (QED) is 0.522. The summed E-state index contributed by atoms with van der Waals surface area (Å²) in [5, 5.41) is 11.6. The molecule has 0 bridgehead atoms. The summed E-state index contributed by atoms with van der Waals surface area (Å²) in [5.41, 5.74) is 1.84. The van der Waals surface area contributed by atoms with Crippen LogP contribution in [0.3, 0.4) is 0 Å². The average Bonchev–Trinajstić information content (AvgIpc) is 2.80. The van der Waals surface area contributed by atoms with Gasteiger partial charge in [-0.05, 0) is 48.9 Å². The molecule has 0 saturated carbocycles. The molecule has 1 aliphatic carbocycles. The van der Waals surface area contributed by atoms with Crippen LogP contribution in [0.1, 0.15) is 6.92 Å². The highest BCUT2D eigenvalue weighted by atomic mass is 19.4. The van der Waals surface area contributed by atoms with E-state index in [1.54, 1.807) is 56.7 Å². The Kier molecular flexibility index (Phi) is 6.46. The van der Waals surface area contributed by atoms with Gasteiger partial charge < -0.3 is 20.2 Å². The Morgan fingerprint density at radius 2 is 1.89 bits per heavy atom. The average molecular weight is 482 g/mol. The fourth-order valence-electron chi connectivity index (χ4n) is 3.65. The first kappa shape index (κ1) is 23.8. The van der Waals surface area contributed by atoms with E-state index in [1.807, 2.05) is 0 Å². The topological polar surface area (TPSA) is 89.2 Å². The summed E-state index contributed by atoms with van der Waals surface area (Å²) in [4.78, 5) is 18.2. The minimum Gasteiger partial charge on any atom is -0.478 e. The maximum Gasteiger partial charge on any atom is 0.573 e. The highest BCUT2D eigenvalue weighted by Gasteiger charge is 2.31. The van der Waals surface area contributed by atoms with E-state index in [1.165, 1.54) is 16.7 Å². The zero-order valence-corrected chi connectivity index (χ0v) is 18.8. The van der Waals surface area contributed by atoms with Gasteiger partial charge in [0.15, 0.2) is 0 Å². The number of alkyl halides is 3. The lowest BCUT2D eigenvalue weighted by Gasteiger charge is -2.16. The van der Waals surface area contributed by atoms with E-state index in [4.69, 9.17) is 10.1 Å². The smallest absolute Gasteiger partial charge is 0.478 e. The van der Waals surface area contributed by atoms with Gasteiger partial charge in [-0.3, -0.25) is 9.36 Å². The summed E-state index contributed by atoms with van der Waals surface area (Å²) in [6.07, 6.45) is 3.37. The number of halogens is 3. The minimum absolute atomic E-state index is 0.191. The first-order chi connectivity index (χ1) is 16.7. The Morgan fingerprint density at radius 1 is 1.14 bits per heavy atom. The summed E-state index contributed by atoms with van der Waals surface area (Å²) < 4.78 is 48.6. The van der Waals surface area contributed by atoms with E-state index in [9.17, 15) is 18.0 Å². The lowest BCUT2D eigenvalue weighted by atomic mass is 10.0. The predicted molar refractivity (Wildman–Crippen MR) is 128 cm³/mol. The SMILES string of the molecule is CCOc1ccc2cn(C3=C/C(=C/NC)C(=N)C=C3)c(=O)c(-c3ccc(OC(F)(F)F)cc3)c2n1. The highest BCUT2D eigenvalue weighted by Crippen LogP contribution is 2.30. The molecule has 10 heteroatoms.